The van der Waals surface area contributed by atoms with Crippen LogP contribution in [0, 0.1) is 0 Å². The molecule has 1 aliphatic heterocycles. The molecule has 0 aliphatic carbocycles. The number of nitrogens with one attached hydrogen (secondary N) is 1. The Labute approximate surface area is 248 Å². The zero-order valence-corrected chi connectivity index (χ0v) is 24.5. The van der Waals surface area contributed by atoms with E-state index in [4.69, 9.17) is 16.3 Å². The summed E-state index contributed by atoms with van der Waals surface area (Å²) in [6.45, 7) is 0.256. The van der Waals surface area contributed by atoms with E-state index in [2.05, 4.69) is 10.3 Å². The summed E-state index contributed by atoms with van der Waals surface area (Å²) in [5.41, 5.74) is 3.81. The van der Waals surface area contributed by atoms with Gasteiger partial charge in [-0.1, -0.05) is 79.0 Å². The molecule has 3 aromatic carbocycles. The third-order valence-electron chi connectivity index (χ3n) is 6.72. The zero-order chi connectivity index (χ0) is 28.8. The number of ether oxygens (including phenoxy) is 1. The summed E-state index contributed by atoms with van der Waals surface area (Å²) in [6, 6.07) is 22.0. The second kappa shape index (κ2) is 12.9. The molecule has 11 heteroatoms. The normalized spacial score (nSPS) is 14.3. The molecule has 1 saturated heterocycles. The van der Waals surface area contributed by atoms with Crippen molar-refractivity contribution in [2.75, 3.05) is 25.0 Å². The summed E-state index contributed by atoms with van der Waals surface area (Å²) in [4.78, 5) is 29.5. The number of carbonyl (C=O) groups excluding carboxylic acids is 2. The Balaban J connectivity index is 1.18. The molecule has 0 bridgehead atoms. The minimum atomic E-state index is -3.87. The van der Waals surface area contributed by atoms with E-state index in [0.717, 1.165) is 42.4 Å². The Morgan fingerprint density at radius 3 is 2.27 bits per heavy atom. The molecule has 0 atom stereocenters. The first kappa shape index (κ1) is 28.9. The number of carbonyl (C=O) groups is 2. The average Bonchev–Trinajstić information content (AvgIpc) is 3.26. The molecule has 1 fully saturated rings. The van der Waals surface area contributed by atoms with Crippen LogP contribution >= 0.6 is 22.9 Å². The largest absolute Gasteiger partial charge is 0.452 e. The van der Waals surface area contributed by atoms with Crippen molar-refractivity contribution >= 4 is 50.0 Å². The highest BCUT2D eigenvalue weighted by Gasteiger charge is 2.28. The number of rotatable bonds is 8. The molecule has 5 rings (SSSR count). The smallest absolute Gasteiger partial charge is 0.338 e. The quantitative estimate of drug-likeness (QED) is 0.229. The Morgan fingerprint density at radius 2 is 1.56 bits per heavy atom. The first-order valence-electron chi connectivity index (χ1n) is 13.2. The topological polar surface area (TPSA) is 106 Å². The van der Waals surface area contributed by atoms with E-state index in [1.54, 1.807) is 0 Å². The lowest BCUT2D eigenvalue weighted by atomic mass is 10.0. The number of thiazole rings is 1. The van der Waals surface area contributed by atoms with Crippen LogP contribution in [0.25, 0.3) is 22.4 Å². The van der Waals surface area contributed by atoms with Crippen molar-refractivity contribution in [3.05, 3.63) is 88.8 Å². The van der Waals surface area contributed by atoms with Crippen LogP contribution in [0.4, 0.5) is 5.13 Å². The lowest BCUT2D eigenvalue weighted by Crippen LogP contribution is -2.32. The number of hydrogen-bond donors (Lipinski definition) is 1. The fourth-order valence-electron chi connectivity index (χ4n) is 4.55. The molecule has 8 nitrogen and oxygen atoms in total. The third-order valence-corrected chi connectivity index (χ3v) is 9.86. The van der Waals surface area contributed by atoms with Crippen molar-refractivity contribution in [2.24, 2.45) is 0 Å². The maximum absolute atomic E-state index is 13.2. The van der Waals surface area contributed by atoms with Gasteiger partial charge in [0.15, 0.2) is 11.7 Å². The summed E-state index contributed by atoms with van der Waals surface area (Å²) >= 11 is 7.47. The standard InChI is InChI=1S/C30H28ClN3O5S2/c31-25-15-14-24(18-27(25)41(37,38)34-16-6-1-2-7-17-34)29(36)39-19-28(35)33-30-32-26(20-40-30)23-12-10-22(11-13-23)21-8-4-3-5-9-21/h3-5,8-15,18,20H,1-2,6-7,16-17,19H2,(H,32,33,35). The highest BCUT2D eigenvalue weighted by atomic mass is 35.5. The van der Waals surface area contributed by atoms with E-state index in [1.807, 2.05) is 60.0 Å². The minimum absolute atomic E-state index is 0.00826. The Hall–Kier alpha value is -3.57. The SMILES string of the molecule is O=C(COC(=O)c1ccc(Cl)c(S(=O)(=O)N2CCCCCC2)c1)Nc1nc(-c2ccc(-c3ccccc3)cc2)cs1. The van der Waals surface area contributed by atoms with Crippen molar-refractivity contribution < 1.29 is 22.7 Å². The zero-order valence-electron chi connectivity index (χ0n) is 22.1. The minimum Gasteiger partial charge on any atom is -0.452 e. The fourth-order valence-corrected chi connectivity index (χ4v) is 7.30. The second-order valence-electron chi connectivity index (χ2n) is 9.57. The number of nitrogens with zero attached hydrogens (tertiary/aromatic N) is 2. The molecule has 1 N–H and O–H groups in total. The molecular weight excluding hydrogens is 582 g/mol. The second-order valence-corrected chi connectivity index (χ2v) is 12.7. The van der Waals surface area contributed by atoms with Gasteiger partial charge in [-0.2, -0.15) is 4.31 Å². The van der Waals surface area contributed by atoms with Crippen LogP contribution in [0.3, 0.4) is 0 Å². The van der Waals surface area contributed by atoms with E-state index < -0.39 is 28.5 Å². The van der Waals surface area contributed by atoms with Crippen molar-refractivity contribution in [3.8, 4) is 22.4 Å². The van der Waals surface area contributed by atoms with E-state index in [0.29, 0.717) is 23.9 Å². The van der Waals surface area contributed by atoms with E-state index in [1.165, 1.54) is 33.8 Å². The van der Waals surface area contributed by atoms with Gasteiger partial charge < -0.3 is 4.74 Å². The molecule has 0 unspecified atom stereocenters. The molecule has 1 aromatic heterocycles. The van der Waals surface area contributed by atoms with Gasteiger partial charge in [0.25, 0.3) is 5.91 Å². The summed E-state index contributed by atoms with van der Waals surface area (Å²) < 4.78 is 33.0. The number of esters is 1. The Bertz CT molecular complexity index is 1630. The molecular formula is C30H28ClN3O5S2. The number of amides is 1. The Morgan fingerprint density at radius 1 is 0.902 bits per heavy atom. The van der Waals surface area contributed by atoms with Crippen molar-refractivity contribution in [2.45, 2.75) is 30.6 Å². The highest BCUT2D eigenvalue weighted by Crippen LogP contribution is 2.29. The molecule has 2 heterocycles. The van der Waals surface area contributed by atoms with Crippen LogP contribution in [0.1, 0.15) is 36.0 Å². The number of sulfonamides is 1. The first-order chi connectivity index (χ1) is 19.8. The van der Waals surface area contributed by atoms with Crippen molar-refractivity contribution in [1.82, 2.24) is 9.29 Å². The molecule has 0 radical (unpaired) electrons. The Kier molecular flexibility index (Phi) is 9.14. The third kappa shape index (κ3) is 7.02. The maximum atomic E-state index is 13.2. The van der Waals surface area contributed by atoms with Gasteiger partial charge in [-0.25, -0.2) is 18.2 Å². The van der Waals surface area contributed by atoms with Crippen LogP contribution < -0.4 is 5.32 Å². The molecule has 41 heavy (non-hydrogen) atoms. The molecule has 1 amide bonds. The molecule has 0 spiro atoms. The van der Waals surface area contributed by atoms with Gasteiger partial charge in [0.2, 0.25) is 10.0 Å². The monoisotopic (exact) mass is 609 g/mol. The fraction of sp³-hybridized carbons (Fsp3) is 0.233. The summed E-state index contributed by atoms with van der Waals surface area (Å²) in [7, 11) is -3.87. The van der Waals surface area contributed by atoms with Crippen LogP contribution in [0.2, 0.25) is 5.02 Å². The van der Waals surface area contributed by atoms with Gasteiger partial charge in [0.05, 0.1) is 16.3 Å². The molecule has 212 valence electrons. The summed E-state index contributed by atoms with van der Waals surface area (Å²) in [5, 5.41) is 4.86. The van der Waals surface area contributed by atoms with Gasteiger partial charge in [0.1, 0.15) is 4.90 Å². The van der Waals surface area contributed by atoms with Gasteiger partial charge in [-0.3, -0.25) is 10.1 Å². The molecule has 1 aliphatic rings. The van der Waals surface area contributed by atoms with Crippen LogP contribution in [0.5, 0.6) is 0 Å². The number of aromatic nitrogens is 1. The van der Waals surface area contributed by atoms with Crippen molar-refractivity contribution in [1.29, 1.82) is 0 Å². The van der Waals surface area contributed by atoms with Gasteiger partial charge in [0, 0.05) is 24.0 Å². The van der Waals surface area contributed by atoms with Crippen molar-refractivity contribution in [3.63, 3.8) is 0 Å². The van der Waals surface area contributed by atoms with Crippen LogP contribution in [-0.2, 0) is 19.6 Å². The lowest BCUT2D eigenvalue weighted by molar-refractivity contribution is -0.119. The van der Waals surface area contributed by atoms with Gasteiger partial charge in [-0.15, -0.1) is 11.3 Å². The van der Waals surface area contributed by atoms with Crippen LogP contribution in [0.15, 0.2) is 83.1 Å². The highest BCUT2D eigenvalue weighted by molar-refractivity contribution is 7.89. The number of anilines is 1. The predicted molar refractivity (Wildman–Crippen MR) is 161 cm³/mol. The molecule has 4 aromatic rings. The number of halogens is 1. The van der Waals surface area contributed by atoms with E-state index in [-0.39, 0.29) is 15.5 Å². The molecule has 0 saturated carbocycles. The average molecular weight is 610 g/mol. The van der Waals surface area contributed by atoms with Crippen LogP contribution in [-0.4, -0.2) is 49.3 Å². The van der Waals surface area contributed by atoms with Gasteiger partial charge >= 0.3 is 5.97 Å². The predicted octanol–water partition coefficient (Wildman–Crippen LogP) is 6.49. The van der Waals surface area contributed by atoms with Gasteiger partial charge in [-0.05, 0) is 42.2 Å². The first-order valence-corrected chi connectivity index (χ1v) is 15.9. The number of hydrogen-bond acceptors (Lipinski definition) is 7. The van der Waals surface area contributed by atoms with E-state index in [9.17, 15) is 18.0 Å². The lowest BCUT2D eigenvalue weighted by Gasteiger charge is -2.21. The summed E-state index contributed by atoms with van der Waals surface area (Å²) in [5.74, 6) is -1.40. The maximum Gasteiger partial charge on any atom is 0.338 e. The summed E-state index contributed by atoms with van der Waals surface area (Å²) in [6.07, 6.45) is 3.49. The van der Waals surface area contributed by atoms with E-state index >= 15 is 0 Å². The number of benzene rings is 3.